The fraction of sp³-hybridized carbons (Fsp3) is 0.600. The van der Waals surface area contributed by atoms with Gasteiger partial charge in [0.15, 0.2) is 0 Å². The minimum Gasteiger partial charge on any atom is -0.349 e. The molecule has 3 fully saturated rings. The summed E-state index contributed by atoms with van der Waals surface area (Å²) in [5.74, 6) is 1.43. The second-order valence-corrected chi connectivity index (χ2v) is 9.38. The van der Waals surface area contributed by atoms with Crippen molar-refractivity contribution in [3.8, 4) is 0 Å². The van der Waals surface area contributed by atoms with Gasteiger partial charge in [-0.2, -0.15) is 10.1 Å². The van der Waals surface area contributed by atoms with Crippen LogP contribution in [0.3, 0.4) is 0 Å². The number of aryl methyl sites for hydroxylation is 1. The van der Waals surface area contributed by atoms with E-state index in [1.807, 2.05) is 29.5 Å². The van der Waals surface area contributed by atoms with Gasteiger partial charge >= 0.3 is 0 Å². The molecule has 1 N–H and O–H groups in total. The zero-order valence-corrected chi connectivity index (χ0v) is 17.3. The smallest absolute Gasteiger partial charge is 0.243 e. The SMILES string of the molecule is Cn1ncnc1N1C[C@H]2C[C@@H](C1)[C@H](C(=O)NCc1cccs1)N1C(=O)CCC[C@@H]21. The van der Waals surface area contributed by atoms with Crippen molar-refractivity contribution in [2.24, 2.45) is 18.9 Å². The summed E-state index contributed by atoms with van der Waals surface area (Å²) in [5.41, 5.74) is 0. The molecule has 9 heteroatoms. The van der Waals surface area contributed by atoms with Crippen molar-refractivity contribution >= 4 is 29.1 Å². The van der Waals surface area contributed by atoms with Crippen LogP contribution in [-0.2, 0) is 23.2 Å². The van der Waals surface area contributed by atoms with Crippen LogP contribution in [0.2, 0.25) is 0 Å². The van der Waals surface area contributed by atoms with E-state index in [2.05, 4.69) is 20.3 Å². The quantitative estimate of drug-likeness (QED) is 0.818. The van der Waals surface area contributed by atoms with Gasteiger partial charge in [-0.25, -0.2) is 4.68 Å². The summed E-state index contributed by atoms with van der Waals surface area (Å²) >= 11 is 1.63. The van der Waals surface area contributed by atoms with E-state index in [-0.39, 0.29) is 23.8 Å². The first-order valence-corrected chi connectivity index (χ1v) is 11.2. The van der Waals surface area contributed by atoms with Gasteiger partial charge in [-0.05, 0) is 36.6 Å². The number of nitrogens with one attached hydrogen (secondary N) is 1. The third kappa shape index (κ3) is 3.31. The van der Waals surface area contributed by atoms with Crippen LogP contribution in [0.25, 0.3) is 0 Å². The Bertz CT molecular complexity index is 897. The molecule has 3 aliphatic rings. The van der Waals surface area contributed by atoms with Crippen molar-refractivity contribution in [3.63, 3.8) is 0 Å². The zero-order valence-electron chi connectivity index (χ0n) is 16.5. The second kappa shape index (κ2) is 7.44. The first-order chi connectivity index (χ1) is 14.1. The highest BCUT2D eigenvalue weighted by atomic mass is 32.1. The lowest BCUT2D eigenvalue weighted by Gasteiger charge is -2.55. The molecule has 0 saturated carbocycles. The molecule has 4 atom stereocenters. The van der Waals surface area contributed by atoms with Gasteiger partial charge in [-0.1, -0.05) is 6.07 Å². The van der Waals surface area contributed by atoms with E-state index in [1.54, 1.807) is 22.3 Å². The number of fused-ring (bicyclic) bond motifs is 4. The average molecular weight is 415 g/mol. The van der Waals surface area contributed by atoms with Crippen LogP contribution in [0.5, 0.6) is 0 Å². The van der Waals surface area contributed by atoms with Crippen LogP contribution in [0.15, 0.2) is 23.8 Å². The molecule has 0 spiro atoms. The Morgan fingerprint density at radius 1 is 1.34 bits per heavy atom. The molecule has 2 aromatic rings. The number of piperidine rings is 3. The lowest BCUT2D eigenvalue weighted by Crippen LogP contribution is -2.68. The van der Waals surface area contributed by atoms with Crippen molar-refractivity contribution in [2.45, 2.75) is 44.3 Å². The van der Waals surface area contributed by atoms with Crippen LogP contribution < -0.4 is 10.2 Å². The summed E-state index contributed by atoms with van der Waals surface area (Å²) in [4.78, 5) is 35.9. The number of carbonyl (C=O) groups excluding carboxylic acids is 2. The predicted octanol–water partition coefficient (Wildman–Crippen LogP) is 1.40. The van der Waals surface area contributed by atoms with Gasteiger partial charge < -0.3 is 15.1 Å². The minimum absolute atomic E-state index is 0.0260. The molecule has 3 aliphatic heterocycles. The summed E-state index contributed by atoms with van der Waals surface area (Å²) in [5, 5.41) is 9.32. The molecule has 0 radical (unpaired) electrons. The van der Waals surface area contributed by atoms with Gasteiger partial charge in [0.2, 0.25) is 17.8 Å². The molecule has 5 rings (SSSR count). The Labute approximate surface area is 173 Å². The van der Waals surface area contributed by atoms with Crippen LogP contribution in [-0.4, -0.2) is 56.7 Å². The van der Waals surface area contributed by atoms with E-state index in [0.29, 0.717) is 18.9 Å². The maximum Gasteiger partial charge on any atom is 0.243 e. The largest absolute Gasteiger partial charge is 0.349 e. The maximum absolute atomic E-state index is 13.3. The summed E-state index contributed by atoms with van der Waals surface area (Å²) < 4.78 is 1.79. The highest BCUT2D eigenvalue weighted by molar-refractivity contribution is 7.09. The van der Waals surface area contributed by atoms with Gasteiger partial charge in [-0.3, -0.25) is 9.59 Å². The normalized spacial score (nSPS) is 28.9. The number of rotatable bonds is 4. The number of anilines is 1. The van der Waals surface area contributed by atoms with Gasteiger partial charge in [0.1, 0.15) is 12.4 Å². The monoisotopic (exact) mass is 414 g/mol. The molecule has 0 unspecified atom stereocenters. The van der Waals surface area contributed by atoms with Gasteiger partial charge in [-0.15, -0.1) is 11.3 Å². The first kappa shape index (κ1) is 18.6. The molecular weight excluding hydrogens is 388 g/mol. The summed E-state index contributed by atoms with van der Waals surface area (Å²) in [7, 11) is 1.90. The number of carbonyl (C=O) groups is 2. The maximum atomic E-state index is 13.3. The van der Waals surface area contributed by atoms with Gasteiger partial charge in [0.05, 0.1) is 6.54 Å². The van der Waals surface area contributed by atoms with Crippen LogP contribution in [0, 0.1) is 11.8 Å². The molecule has 2 bridgehead atoms. The molecular formula is C20H26N6O2S. The fourth-order valence-electron chi connectivity index (χ4n) is 5.43. The lowest BCUT2D eigenvalue weighted by molar-refractivity contribution is -0.156. The number of aromatic nitrogens is 3. The van der Waals surface area contributed by atoms with E-state index < -0.39 is 6.04 Å². The standard InChI is InChI=1S/C20H26N6O2S/c1-24-20(22-12-23-24)25-10-13-8-14(11-25)18(26-16(13)5-2-6-17(26)27)19(28)21-9-15-4-3-7-29-15/h3-4,7,12-14,16,18H,2,5-6,8-11H2,1H3,(H,21,28)/t13-,14+,16+,18-/m1/s1. The van der Waals surface area contributed by atoms with Gasteiger partial charge in [0.25, 0.3) is 0 Å². The molecule has 5 heterocycles. The zero-order chi connectivity index (χ0) is 20.0. The number of hydrogen-bond acceptors (Lipinski definition) is 6. The van der Waals surface area contributed by atoms with Crippen molar-refractivity contribution in [2.75, 3.05) is 18.0 Å². The Balaban J connectivity index is 1.42. The summed E-state index contributed by atoms with van der Waals surface area (Å²) in [6.07, 6.45) is 5.00. The Hall–Kier alpha value is -2.42. The number of nitrogens with zero attached hydrogens (tertiary/aromatic N) is 5. The van der Waals surface area contributed by atoms with E-state index in [1.165, 1.54) is 0 Å². The van der Waals surface area contributed by atoms with E-state index >= 15 is 0 Å². The fourth-order valence-corrected chi connectivity index (χ4v) is 6.07. The number of hydrogen-bond donors (Lipinski definition) is 1. The van der Waals surface area contributed by atoms with Crippen molar-refractivity contribution < 1.29 is 9.59 Å². The summed E-state index contributed by atoms with van der Waals surface area (Å²) in [6, 6.07) is 3.75. The highest BCUT2D eigenvalue weighted by Gasteiger charge is 2.52. The van der Waals surface area contributed by atoms with E-state index in [0.717, 1.165) is 43.2 Å². The Morgan fingerprint density at radius 2 is 2.21 bits per heavy atom. The lowest BCUT2D eigenvalue weighted by atomic mass is 9.72. The third-order valence-electron chi connectivity index (χ3n) is 6.60. The van der Waals surface area contributed by atoms with Crippen molar-refractivity contribution in [3.05, 3.63) is 28.7 Å². The predicted molar refractivity (Wildman–Crippen MR) is 109 cm³/mol. The van der Waals surface area contributed by atoms with E-state index in [4.69, 9.17) is 0 Å². The molecule has 2 aromatic heterocycles. The molecule has 154 valence electrons. The molecule has 0 aliphatic carbocycles. The number of amides is 2. The van der Waals surface area contributed by atoms with E-state index in [9.17, 15) is 9.59 Å². The second-order valence-electron chi connectivity index (χ2n) is 8.35. The number of thiophene rings is 1. The topological polar surface area (TPSA) is 83.4 Å². The molecule has 3 saturated heterocycles. The van der Waals surface area contributed by atoms with Crippen LogP contribution in [0.1, 0.15) is 30.6 Å². The minimum atomic E-state index is -0.403. The molecule has 8 nitrogen and oxygen atoms in total. The molecule has 29 heavy (non-hydrogen) atoms. The van der Waals surface area contributed by atoms with Crippen molar-refractivity contribution in [1.82, 2.24) is 25.0 Å². The van der Waals surface area contributed by atoms with Crippen LogP contribution in [0.4, 0.5) is 5.95 Å². The molecule has 0 aromatic carbocycles. The summed E-state index contributed by atoms with van der Waals surface area (Å²) in [6.45, 7) is 2.10. The van der Waals surface area contributed by atoms with Gasteiger partial charge in [0, 0.05) is 43.4 Å². The van der Waals surface area contributed by atoms with Crippen LogP contribution >= 0.6 is 11.3 Å². The molecule has 2 amide bonds. The third-order valence-corrected chi connectivity index (χ3v) is 7.47. The first-order valence-electron chi connectivity index (χ1n) is 10.3. The van der Waals surface area contributed by atoms with Crippen molar-refractivity contribution in [1.29, 1.82) is 0 Å². The highest BCUT2D eigenvalue weighted by Crippen LogP contribution is 2.42. The Morgan fingerprint density at radius 3 is 2.97 bits per heavy atom. The average Bonchev–Trinajstić information content (AvgIpc) is 3.38. The Kier molecular flexibility index (Phi) is 4.77.